The molecule has 4 rings (SSSR count). The molecule has 2 fully saturated rings. The van der Waals surface area contributed by atoms with Gasteiger partial charge in [0.05, 0.1) is 0 Å². The van der Waals surface area contributed by atoms with Crippen molar-refractivity contribution in [3.63, 3.8) is 0 Å². The van der Waals surface area contributed by atoms with Crippen LogP contribution in [0.2, 0.25) is 0 Å². The Kier molecular flexibility index (Phi) is 15.3. The third kappa shape index (κ3) is 11.8. The summed E-state index contributed by atoms with van der Waals surface area (Å²) in [6.45, 7) is 4.49. The van der Waals surface area contributed by atoms with Gasteiger partial charge in [0, 0.05) is 0 Å². The third-order valence-electron chi connectivity index (χ3n) is 5.42. The molecular weight excluding hydrogens is 601 g/mol. The van der Waals surface area contributed by atoms with E-state index in [1.54, 1.807) is 12.1 Å². The van der Waals surface area contributed by atoms with E-state index in [2.05, 4.69) is 9.80 Å². The topological polar surface area (TPSA) is 6.48 Å². The van der Waals surface area contributed by atoms with E-state index in [0.29, 0.717) is 0 Å². The van der Waals surface area contributed by atoms with Crippen LogP contribution in [0.1, 0.15) is 36.8 Å². The Morgan fingerprint density at radius 2 is 0.970 bits per heavy atom. The van der Waals surface area contributed by atoms with Crippen molar-refractivity contribution in [1.82, 2.24) is 9.80 Å². The van der Waals surface area contributed by atoms with Crippen molar-refractivity contribution in [3.8, 4) is 0 Å². The minimum absolute atomic E-state index is 0.0579. The Bertz CT molecular complexity index is 736. The summed E-state index contributed by atoms with van der Waals surface area (Å²) < 4.78 is 28.2. The maximum absolute atomic E-state index is 13.3. The van der Waals surface area contributed by atoms with Gasteiger partial charge in [-0.05, 0) is 51.9 Å². The molecule has 0 unspecified atom stereocenters. The zero-order valence-electron chi connectivity index (χ0n) is 18.6. The van der Waals surface area contributed by atoms with Gasteiger partial charge in [-0.25, -0.2) is 9.41 Å². The maximum atomic E-state index is 13.3. The zero-order chi connectivity index (χ0) is 24.1. The van der Waals surface area contributed by atoms with Crippen molar-refractivity contribution < 1.29 is 8.78 Å². The normalized spacial score (nSPS) is 16.5. The van der Waals surface area contributed by atoms with E-state index in [1.807, 2.05) is 24.3 Å². The summed E-state index contributed by atoms with van der Waals surface area (Å²) in [5.41, 5.74) is 1.55. The first-order chi connectivity index (χ1) is 15.9. The zero-order valence-corrected chi connectivity index (χ0v) is 24.7. The molecule has 2 aliphatic heterocycles. The Labute approximate surface area is 230 Å². The minimum atomic E-state index is -0.790. The largest absolute Gasteiger partial charge is 0.800 e. The molecule has 0 atom stereocenters. The van der Waals surface area contributed by atoms with Gasteiger partial charge in [0.2, 0.25) is 0 Å². The number of hydrogen-bond acceptors (Lipinski definition) is 6. The number of rotatable bonds is 6. The third-order valence-corrected chi connectivity index (χ3v) is 10.2. The molecule has 33 heavy (non-hydrogen) atoms. The fourth-order valence-corrected chi connectivity index (χ4v) is 7.89. The molecule has 9 heteroatoms. The molecule has 0 N–H and O–H groups in total. The molecular formula is C24H30F2N2S4Sn-4. The van der Waals surface area contributed by atoms with Crippen molar-refractivity contribution in [3.05, 3.63) is 71.3 Å². The first kappa shape index (κ1) is 29.6. The first-order valence-corrected chi connectivity index (χ1v) is 17.1. The van der Waals surface area contributed by atoms with E-state index in [9.17, 15) is 8.78 Å². The molecule has 182 valence electrons. The molecule has 2 aromatic carbocycles. The van der Waals surface area contributed by atoms with Gasteiger partial charge in [-0.15, -0.1) is 0 Å². The molecule has 2 aliphatic rings. The van der Waals surface area contributed by atoms with Crippen LogP contribution in [0.25, 0.3) is 0 Å². The Morgan fingerprint density at radius 1 is 0.636 bits per heavy atom. The van der Waals surface area contributed by atoms with Crippen LogP contribution in [0.15, 0.2) is 48.5 Å². The van der Waals surface area contributed by atoms with Gasteiger partial charge in [0.1, 0.15) is 0 Å². The summed E-state index contributed by atoms with van der Waals surface area (Å²) >= 11 is 18.7. The van der Waals surface area contributed by atoms with Crippen LogP contribution < -0.4 is 0 Å². The SMILES string of the molecule is Fc1ccccc1[CH2][Sn][CH2]c1ccccc1F.[S-]C([S-])N1CCCC1.[S-]C([S-])N1CCCC1. The van der Waals surface area contributed by atoms with E-state index >= 15 is 0 Å². The fourth-order valence-electron chi connectivity index (χ4n) is 3.52. The van der Waals surface area contributed by atoms with E-state index < -0.39 is 21.1 Å². The van der Waals surface area contributed by atoms with Crippen LogP contribution in [-0.4, -0.2) is 66.5 Å². The molecule has 2 nitrogen and oxygen atoms in total. The molecule has 0 saturated carbocycles. The van der Waals surface area contributed by atoms with Crippen molar-refractivity contribution in [2.75, 3.05) is 26.2 Å². The van der Waals surface area contributed by atoms with Crippen LogP contribution in [0, 0.1) is 11.6 Å². The quantitative estimate of drug-likeness (QED) is 0.345. The standard InChI is InChI=1S/2C7H6F.2C5H11NS2.Sn/c2*1-6-4-2-3-5-7(6)8;2*7-5(8)6-3-1-2-4-6;/h2*2-5H,1H2;2*5,7-8H,1-4H2;/p-4. The molecule has 0 bridgehead atoms. The van der Waals surface area contributed by atoms with Gasteiger partial charge in [-0.3, -0.25) is 0 Å². The van der Waals surface area contributed by atoms with Crippen LogP contribution in [0.3, 0.4) is 0 Å². The molecule has 0 spiro atoms. The Hall–Kier alpha value is 0.419. The molecule has 2 radical (unpaired) electrons. The minimum Gasteiger partial charge on any atom is -0.800 e. The summed E-state index contributed by atoms with van der Waals surface area (Å²) in [6.07, 6.45) is 5.13. The van der Waals surface area contributed by atoms with E-state index in [4.69, 9.17) is 50.5 Å². The van der Waals surface area contributed by atoms with Gasteiger partial charge in [0.15, 0.2) is 0 Å². The summed E-state index contributed by atoms with van der Waals surface area (Å²) in [5, 5.41) is 0. The number of hydrogen-bond donors (Lipinski definition) is 0. The number of likely N-dealkylation sites (tertiary alicyclic amines) is 2. The van der Waals surface area contributed by atoms with E-state index in [-0.39, 0.29) is 21.0 Å². The monoisotopic (exact) mass is 632 g/mol. The molecule has 2 aromatic rings. The first-order valence-electron chi connectivity index (χ1n) is 11.2. The second-order valence-electron chi connectivity index (χ2n) is 7.89. The Balaban J connectivity index is 0.000000200. The number of benzene rings is 2. The molecule has 0 amide bonds. The van der Waals surface area contributed by atoms with Crippen molar-refractivity contribution >= 4 is 71.7 Å². The van der Waals surface area contributed by atoms with Crippen molar-refractivity contribution in [2.45, 2.75) is 44.0 Å². The molecule has 0 aliphatic carbocycles. The smallest absolute Gasteiger partial charge is 0.00572 e. The summed E-state index contributed by atoms with van der Waals surface area (Å²) in [5.74, 6) is -0.274. The second kappa shape index (κ2) is 17.0. The second-order valence-corrected chi connectivity index (χ2v) is 13.7. The van der Waals surface area contributed by atoms with Crippen LogP contribution >= 0.6 is 0 Å². The van der Waals surface area contributed by atoms with E-state index in [0.717, 1.165) is 46.2 Å². The van der Waals surface area contributed by atoms with Gasteiger partial charge >= 0.3 is 110 Å². The number of nitrogens with zero attached hydrogens (tertiary/aromatic N) is 2. The average Bonchev–Trinajstić information content (AvgIpc) is 3.52. The van der Waals surface area contributed by atoms with Gasteiger partial charge in [-0.1, -0.05) is 0 Å². The van der Waals surface area contributed by atoms with Crippen LogP contribution in [0.5, 0.6) is 0 Å². The van der Waals surface area contributed by atoms with Gasteiger partial charge < -0.3 is 60.3 Å². The summed E-state index contributed by atoms with van der Waals surface area (Å²) in [4.78, 5) is 4.31. The van der Waals surface area contributed by atoms with Gasteiger partial charge in [0.25, 0.3) is 0 Å². The maximum Gasteiger partial charge on any atom is -0.00572 e. The number of halogens is 2. The van der Waals surface area contributed by atoms with Gasteiger partial charge in [-0.2, -0.15) is 0 Å². The Morgan fingerprint density at radius 3 is 1.24 bits per heavy atom. The van der Waals surface area contributed by atoms with Crippen LogP contribution in [-0.2, 0) is 59.4 Å². The molecule has 0 aromatic heterocycles. The summed E-state index contributed by atoms with van der Waals surface area (Å²) in [6, 6.07) is 13.7. The predicted octanol–water partition coefficient (Wildman–Crippen LogP) is 4.29. The van der Waals surface area contributed by atoms with Crippen molar-refractivity contribution in [1.29, 1.82) is 0 Å². The predicted molar refractivity (Wildman–Crippen MR) is 145 cm³/mol. The summed E-state index contributed by atoms with van der Waals surface area (Å²) in [7, 11) is 0. The van der Waals surface area contributed by atoms with E-state index in [1.165, 1.54) is 37.8 Å². The average molecular weight is 631 g/mol. The molecule has 2 saturated heterocycles. The van der Waals surface area contributed by atoms with Crippen molar-refractivity contribution in [2.24, 2.45) is 0 Å². The fraction of sp³-hybridized carbons (Fsp3) is 0.500. The molecule has 2 heterocycles. The van der Waals surface area contributed by atoms with Crippen LogP contribution in [0.4, 0.5) is 8.78 Å².